The molecule has 21 heavy (non-hydrogen) atoms. The summed E-state index contributed by atoms with van der Waals surface area (Å²) in [6.45, 7) is 7.70. The van der Waals surface area contributed by atoms with Gasteiger partial charge < -0.3 is 5.32 Å². The SMILES string of the molecule is CCNC(CSC1CCCCC1)Cc1cc(C)cc(C)c1. The summed E-state index contributed by atoms with van der Waals surface area (Å²) in [5, 5.41) is 4.60. The third-order valence-corrected chi connectivity index (χ3v) is 5.88. The molecule has 1 aromatic carbocycles. The zero-order chi connectivity index (χ0) is 15.1. The van der Waals surface area contributed by atoms with E-state index in [0.29, 0.717) is 6.04 Å². The minimum absolute atomic E-state index is 0.614. The molecule has 1 saturated carbocycles. The van der Waals surface area contributed by atoms with E-state index in [9.17, 15) is 0 Å². The first-order valence-corrected chi connectivity index (χ1v) is 9.64. The molecule has 0 spiro atoms. The summed E-state index contributed by atoms with van der Waals surface area (Å²) in [5.74, 6) is 1.26. The highest BCUT2D eigenvalue weighted by Crippen LogP contribution is 2.29. The molecule has 1 aliphatic rings. The standard InChI is InChI=1S/C19H31NS/c1-4-20-18(14-21-19-8-6-5-7-9-19)13-17-11-15(2)10-16(3)12-17/h10-12,18-20H,4-9,13-14H2,1-3H3. The molecule has 1 nitrogen and oxygen atoms in total. The quantitative estimate of drug-likeness (QED) is 0.769. The monoisotopic (exact) mass is 305 g/mol. The number of aryl methyl sites for hydroxylation is 2. The van der Waals surface area contributed by atoms with Crippen molar-refractivity contribution in [1.29, 1.82) is 0 Å². The van der Waals surface area contributed by atoms with Crippen molar-refractivity contribution in [3.05, 3.63) is 34.9 Å². The van der Waals surface area contributed by atoms with Crippen LogP contribution >= 0.6 is 11.8 Å². The summed E-state index contributed by atoms with van der Waals surface area (Å²) >= 11 is 2.21. The Morgan fingerprint density at radius 2 is 1.76 bits per heavy atom. The predicted octanol–water partition coefficient (Wildman–Crippen LogP) is 4.89. The highest BCUT2D eigenvalue weighted by molar-refractivity contribution is 7.99. The topological polar surface area (TPSA) is 12.0 Å². The average Bonchev–Trinajstić information content (AvgIpc) is 2.45. The van der Waals surface area contributed by atoms with E-state index in [2.05, 4.69) is 56.0 Å². The van der Waals surface area contributed by atoms with E-state index in [-0.39, 0.29) is 0 Å². The largest absolute Gasteiger partial charge is 0.313 e. The fraction of sp³-hybridized carbons (Fsp3) is 0.684. The second-order valence-electron chi connectivity index (χ2n) is 6.55. The van der Waals surface area contributed by atoms with E-state index in [0.717, 1.165) is 18.2 Å². The van der Waals surface area contributed by atoms with Crippen LogP contribution in [0.4, 0.5) is 0 Å². The van der Waals surface area contributed by atoms with E-state index < -0.39 is 0 Å². The molecule has 0 aliphatic heterocycles. The van der Waals surface area contributed by atoms with E-state index in [1.165, 1.54) is 54.5 Å². The van der Waals surface area contributed by atoms with Crippen LogP contribution in [0.25, 0.3) is 0 Å². The van der Waals surface area contributed by atoms with Gasteiger partial charge in [-0.25, -0.2) is 0 Å². The maximum absolute atomic E-state index is 3.69. The lowest BCUT2D eigenvalue weighted by Crippen LogP contribution is -2.34. The molecular formula is C19H31NS. The van der Waals surface area contributed by atoms with Crippen molar-refractivity contribution < 1.29 is 0 Å². The van der Waals surface area contributed by atoms with Crippen LogP contribution in [0.15, 0.2) is 18.2 Å². The molecular weight excluding hydrogens is 274 g/mol. The summed E-state index contributed by atoms with van der Waals surface area (Å²) in [4.78, 5) is 0. The maximum Gasteiger partial charge on any atom is 0.0198 e. The molecule has 0 heterocycles. The molecule has 1 N–H and O–H groups in total. The van der Waals surface area contributed by atoms with Crippen molar-refractivity contribution in [1.82, 2.24) is 5.32 Å². The molecule has 0 bridgehead atoms. The first-order chi connectivity index (χ1) is 10.2. The number of thioether (sulfide) groups is 1. The highest BCUT2D eigenvalue weighted by Gasteiger charge is 2.16. The van der Waals surface area contributed by atoms with Crippen LogP contribution in [0, 0.1) is 13.8 Å². The van der Waals surface area contributed by atoms with Gasteiger partial charge in [0, 0.05) is 17.0 Å². The second-order valence-corrected chi connectivity index (χ2v) is 7.88. The van der Waals surface area contributed by atoms with E-state index in [1.54, 1.807) is 0 Å². The van der Waals surface area contributed by atoms with Crippen molar-refractivity contribution in [2.24, 2.45) is 0 Å². The molecule has 0 aromatic heterocycles. The Labute approximate surface area is 135 Å². The van der Waals surface area contributed by atoms with Crippen LogP contribution in [0.1, 0.15) is 55.7 Å². The number of likely N-dealkylation sites (N-methyl/N-ethyl adjacent to an activating group) is 1. The zero-order valence-electron chi connectivity index (χ0n) is 14.0. The fourth-order valence-corrected chi connectivity index (χ4v) is 4.84. The summed E-state index contributed by atoms with van der Waals surface area (Å²) in [6, 6.07) is 7.58. The summed E-state index contributed by atoms with van der Waals surface area (Å²) in [5.41, 5.74) is 4.27. The van der Waals surface area contributed by atoms with Crippen LogP contribution in [0.3, 0.4) is 0 Å². The molecule has 1 unspecified atom stereocenters. The average molecular weight is 306 g/mol. The molecule has 0 saturated heterocycles. The Morgan fingerprint density at radius 3 is 2.38 bits per heavy atom. The number of benzene rings is 1. The summed E-state index contributed by atoms with van der Waals surface area (Å²) in [6.07, 6.45) is 8.38. The first-order valence-electron chi connectivity index (χ1n) is 8.59. The van der Waals surface area contributed by atoms with Crippen LogP contribution < -0.4 is 5.32 Å². The zero-order valence-corrected chi connectivity index (χ0v) is 14.8. The predicted molar refractivity (Wildman–Crippen MR) is 96.4 cm³/mol. The van der Waals surface area contributed by atoms with Gasteiger partial charge >= 0.3 is 0 Å². The lowest BCUT2D eigenvalue weighted by Gasteiger charge is -2.24. The number of nitrogens with one attached hydrogen (secondary N) is 1. The van der Waals surface area contributed by atoms with Gasteiger partial charge in [-0.3, -0.25) is 0 Å². The lowest BCUT2D eigenvalue weighted by molar-refractivity contribution is 0.513. The van der Waals surface area contributed by atoms with E-state index >= 15 is 0 Å². The second kappa shape index (κ2) is 8.85. The Hall–Kier alpha value is -0.470. The Morgan fingerprint density at radius 1 is 1.10 bits per heavy atom. The minimum atomic E-state index is 0.614. The number of hydrogen-bond donors (Lipinski definition) is 1. The third kappa shape index (κ3) is 6.04. The van der Waals surface area contributed by atoms with Gasteiger partial charge in [0.15, 0.2) is 0 Å². The molecule has 1 atom stereocenters. The van der Waals surface area contributed by atoms with Gasteiger partial charge in [0.2, 0.25) is 0 Å². The van der Waals surface area contributed by atoms with Crippen LogP contribution in [0.2, 0.25) is 0 Å². The Balaban J connectivity index is 1.88. The Kier molecular flexibility index (Phi) is 7.12. The van der Waals surface area contributed by atoms with E-state index in [4.69, 9.17) is 0 Å². The summed E-state index contributed by atoms with van der Waals surface area (Å²) in [7, 11) is 0. The molecule has 2 heteroatoms. The number of rotatable bonds is 7. The normalized spacial score (nSPS) is 17.9. The molecule has 1 fully saturated rings. The van der Waals surface area contributed by atoms with Gasteiger partial charge in [0.1, 0.15) is 0 Å². The van der Waals surface area contributed by atoms with Crippen molar-refractivity contribution in [2.45, 2.75) is 70.6 Å². The van der Waals surface area contributed by atoms with Crippen LogP contribution in [0.5, 0.6) is 0 Å². The Bertz CT molecular complexity index is 403. The third-order valence-electron chi connectivity index (χ3n) is 4.34. The minimum Gasteiger partial charge on any atom is -0.313 e. The smallest absolute Gasteiger partial charge is 0.0198 e. The molecule has 2 rings (SSSR count). The van der Waals surface area contributed by atoms with Crippen LogP contribution in [-0.4, -0.2) is 23.6 Å². The van der Waals surface area contributed by atoms with Crippen molar-refractivity contribution in [3.63, 3.8) is 0 Å². The molecule has 1 aromatic rings. The first kappa shape index (κ1) is 16.9. The van der Waals surface area contributed by atoms with Gasteiger partial charge in [-0.2, -0.15) is 11.8 Å². The molecule has 1 aliphatic carbocycles. The van der Waals surface area contributed by atoms with Gasteiger partial charge in [-0.05, 0) is 45.2 Å². The van der Waals surface area contributed by atoms with Gasteiger partial charge in [-0.1, -0.05) is 55.5 Å². The van der Waals surface area contributed by atoms with Crippen molar-refractivity contribution in [3.8, 4) is 0 Å². The fourth-order valence-electron chi connectivity index (χ4n) is 3.43. The number of hydrogen-bond acceptors (Lipinski definition) is 2. The van der Waals surface area contributed by atoms with Crippen LogP contribution in [-0.2, 0) is 6.42 Å². The molecule has 118 valence electrons. The van der Waals surface area contributed by atoms with Crippen molar-refractivity contribution >= 4 is 11.8 Å². The molecule has 0 amide bonds. The van der Waals surface area contributed by atoms with Gasteiger partial charge in [0.05, 0.1) is 0 Å². The van der Waals surface area contributed by atoms with E-state index in [1.807, 2.05) is 0 Å². The maximum atomic E-state index is 3.69. The lowest BCUT2D eigenvalue weighted by atomic mass is 10.0. The summed E-state index contributed by atoms with van der Waals surface area (Å²) < 4.78 is 0. The van der Waals surface area contributed by atoms with Crippen molar-refractivity contribution in [2.75, 3.05) is 12.3 Å². The van der Waals surface area contributed by atoms with Gasteiger partial charge in [0.25, 0.3) is 0 Å². The van der Waals surface area contributed by atoms with Gasteiger partial charge in [-0.15, -0.1) is 0 Å². The highest BCUT2D eigenvalue weighted by atomic mass is 32.2. The molecule has 0 radical (unpaired) electrons.